The SMILES string of the molecule is Cc1ccc(OCC2(O)CCCN(C(=O)c3cncnc3C)C2)cc1C. The Balaban J connectivity index is 1.67. The lowest BCUT2D eigenvalue weighted by molar-refractivity contribution is -0.0532. The van der Waals surface area contributed by atoms with E-state index in [1.54, 1.807) is 11.8 Å². The minimum atomic E-state index is -1.06. The minimum absolute atomic E-state index is 0.146. The van der Waals surface area contributed by atoms with E-state index in [1.165, 1.54) is 18.1 Å². The Hall–Kier alpha value is -2.47. The number of carbonyl (C=O) groups excluding carboxylic acids is 1. The third-order valence-electron chi connectivity index (χ3n) is 4.97. The van der Waals surface area contributed by atoms with Gasteiger partial charge in [0, 0.05) is 12.7 Å². The zero-order valence-corrected chi connectivity index (χ0v) is 15.5. The lowest BCUT2D eigenvalue weighted by Crippen LogP contribution is -2.53. The Morgan fingerprint density at radius 1 is 1.31 bits per heavy atom. The van der Waals surface area contributed by atoms with Crippen molar-refractivity contribution in [2.24, 2.45) is 0 Å². The van der Waals surface area contributed by atoms with Gasteiger partial charge in [-0.05, 0) is 56.9 Å². The quantitative estimate of drug-likeness (QED) is 0.912. The van der Waals surface area contributed by atoms with E-state index in [-0.39, 0.29) is 19.1 Å². The molecule has 26 heavy (non-hydrogen) atoms. The average molecular weight is 355 g/mol. The second-order valence-electron chi connectivity index (χ2n) is 7.11. The van der Waals surface area contributed by atoms with Crippen LogP contribution < -0.4 is 4.74 Å². The average Bonchev–Trinajstić information content (AvgIpc) is 2.63. The van der Waals surface area contributed by atoms with Gasteiger partial charge in [-0.1, -0.05) is 6.07 Å². The fraction of sp³-hybridized carbons (Fsp3) is 0.450. The van der Waals surface area contributed by atoms with Crippen LogP contribution in [0.3, 0.4) is 0 Å². The van der Waals surface area contributed by atoms with Gasteiger partial charge < -0.3 is 14.7 Å². The number of rotatable bonds is 4. The summed E-state index contributed by atoms with van der Waals surface area (Å²) in [5, 5.41) is 10.9. The van der Waals surface area contributed by atoms with Crippen molar-refractivity contribution in [1.82, 2.24) is 14.9 Å². The molecule has 1 saturated heterocycles. The number of carbonyl (C=O) groups is 1. The van der Waals surface area contributed by atoms with Gasteiger partial charge in [0.25, 0.3) is 5.91 Å². The van der Waals surface area contributed by atoms with Crippen LogP contribution in [0.4, 0.5) is 0 Å². The molecule has 1 aliphatic rings. The summed E-state index contributed by atoms with van der Waals surface area (Å²) in [7, 11) is 0. The Labute approximate surface area is 153 Å². The molecule has 0 spiro atoms. The summed E-state index contributed by atoms with van der Waals surface area (Å²) in [6.45, 7) is 6.87. The molecule has 6 heteroatoms. The van der Waals surface area contributed by atoms with Crippen LogP contribution in [0.1, 0.15) is 40.0 Å². The number of aromatic nitrogens is 2. The molecule has 3 rings (SSSR count). The summed E-state index contributed by atoms with van der Waals surface area (Å²) in [6.07, 6.45) is 4.29. The normalized spacial score (nSPS) is 20.1. The summed E-state index contributed by atoms with van der Waals surface area (Å²) in [5.74, 6) is 0.588. The number of likely N-dealkylation sites (tertiary alicyclic amines) is 1. The van der Waals surface area contributed by atoms with Crippen LogP contribution in [-0.4, -0.2) is 51.2 Å². The number of β-amino-alcohol motifs (C(OH)–C–C–N with tert-alkyl or cyclic N) is 1. The molecule has 1 unspecified atom stereocenters. The third-order valence-corrected chi connectivity index (χ3v) is 4.97. The first-order valence-corrected chi connectivity index (χ1v) is 8.86. The summed E-state index contributed by atoms with van der Waals surface area (Å²) < 4.78 is 5.83. The Bertz CT molecular complexity index is 809. The number of hydrogen-bond donors (Lipinski definition) is 1. The molecule has 1 fully saturated rings. The van der Waals surface area contributed by atoms with Crippen LogP contribution >= 0.6 is 0 Å². The van der Waals surface area contributed by atoms with Gasteiger partial charge >= 0.3 is 0 Å². The highest BCUT2D eigenvalue weighted by Gasteiger charge is 2.36. The minimum Gasteiger partial charge on any atom is -0.491 e. The van der Waals surface area contributed by atoms with E-state index in [9.17, 15) is 9.90 Å². The topological polar surface area (TPSA) is 75.6 Å². The highest BCUT2D eigenvalue weighted by atomic mass is 16.5. The fourth-order valence-electron chi connectivity index (χ4n) is 3.20. The molecule has 0 radical (unpaired) electrons. The Morgan fingerprint density at radius 3 is 2.85 bits per heavy atom. The number of benzene rings is 1. The van der Waals surface area contributed by atoms with Crippen molar-refractivity contribution < 1.29 is 14.6 Å². The summed E-state index contributed by atoms with van der Waals surface area (Å²) >= 11 is 0. The van der Waals surface area contributed by atoms with E-state index in [4.69, 9.17) is 4.74 Å². The maximum absolute atomic E-state index is 12.8. The molecule has 0 aliphatic carbocycles. The Morgan fingerprint density at radius 2 is 2.12 bits per heavy atom. The molecule has 1 aliphatic heterocycles. The van der Waals surface area contributed by atoms with E-state index in [0.717, 1.165) is 17.7 Å². The van der Waals surface area contributed by atoms with Crippen LogP contribution in [0, 0.1) is 20.8 Å². The number of aliphatic hydroxyl groups is 1. The van der Waals surface area contributed by atoms with Crippen molar-refractivity contribution in [3.63, 3.8) is 0 Å². The molecule has 1 amide bonds. The number of hydrogen-bond acceptors (Lipinski definition) is 5. The molecule has 1 aromatic heterocycles. The molecule has 0 bridgehead atoms. The first-order valence-electron chi connectivity index (χ1n) is 8.86. The molecule has 1 N–H and O–H groups in total. The zero-order valence-electron chi connectivity index (χ0n) is 15.5. The van der Waals surface area contributed by atoms with E-state index in [0.29, 0.717) is 24.2 Å². The predicted octanol–water partition coefficient (Wildman–Crippen LogP) is 2.45. The molecule has 138 valence electrons. The molecule has 1 aromatic carbocycles. The van der Waals surface area contributed by atoms with Gasteiger partial charge in [-0.3, -0.25) is 4.79 Å². The molecule has 2 aromatic rings. The van der Waals surface area contributed by atoms with Crippen LogP contribution in [-0.2, 0) is 0 Å². The number of ether oxygens (including phenoxy) is 1. The van der Waals surface area contributed by atoms with Gasteiger partial charge in [0.2, 0.25) is 0 Å². The maximum Gasteiger partial charge on any atom is 0.257 e. The first kappa shape index (κ1) is 18.3. The van der Waals surface area contributed by atoms with Crippen molar-refractivity contribution in [3.8, 4) is 5.75 Å². The monoisotopic (exact) mass is 355 g/mol. The van der Waals surface area contributed by atoms with Crippen molar-refractivity contribution >= 4 is 5.91 Å². The summed E-state index contributed by atoms with van der Waals surface area (Å²) in [4.78, 5) is 22.4. The highest BCUT2D eigenvalue weighted by molar-refractivity contribution is 5.95. The van der Waals surface area contributed by atoms with E-state index in [2.05, 4.69) is 9.97 Å². The van der Waals surface area contributed by atoms with E-state index < -0.39 is 5.60 Å². The zero-order chi connectivity index (χ0) is 18.7. The van der Waals surface area contributed by atoms with Gasteiger partial charge in [0.15, 0.2) is 0 Å². The molecule has 0 saturated carbocycles. The van der Waals surface area contributed by atoms with Crippen LogP contribution in [0.25, 0.3) is 0 Å². The molecule has 1 atom stereocenters. The van der Waals surface area contributed by atoms with Crippen LogP contribution in [0.15, 0.2) is 30.7 Å². The number of piperidine rings is 1. The van der Waals surface area contributed by atoms with Crippen molar-refractivity contribution in [1.29, 1.82) is 0 Å². The standard InChI is InChI=1S/C20H25N3O3/c1-14-5-6-17(9-15(14)2)26-12-20(25)7-4-8-23(11-20)19(24)18-10-21-13-22-16(18)3/h5-6,9-10,13,25H,4,7-8,11-12H2,1-3H3. The van der Waals surface area contributed by atoms with Crippen LogP contribution in [0.2, 0.25) is 0 Å². The van der Waals surface area contributed by atoms with Gasteiger partial charge in [0.05, 0.1) is 17.8 Å². The second kappa shape index (κ2) is 7.41. The second-order valence-corrected chi connectivity index (χ2v) is 7.11. The highest BCUT2D eigenvalue weighted by Crippen LogP contribution is 2.25. The first-order chi connectivity index (χ1) is 12.4. The van der Waals surface area contributed by atoms with Gasteiger partial charge in [0.1, 0.15) is 24.3 Å². The van der Waals surface area contributed by atoms with Gasteiger partial charge in [-0.15, -0.1) is 0 Å². The van der Waals surface area contributed by atoms with E-state index >= 15 is 0 Å². The van der Waals surface area contributed by atoms with Crippen molar-refractivity contribution in [2.45, 2.75) is 39.2 Å². The summed E-state index contributed by atoms with van der Waals surface area (Å²) in [6, 6.07) is 5.88. The number of aryl methyl sites for hydroxylation is 3. The summed E-state index contributed by atoms with van der Waals surface area (Å²) in [5.41, 5.74) is 2.41. The predicted molar refractivity (Wildman–Crippen MR) is 98.3 cm³/mol. The van der Waals surface area contributed by atoms with Gasteiger partial charge in [-0.25, -0.2) is 9.97 Å². The molecular weight excluding hydrogens is 330 g/mol. The Kier molecular flexibility index (Phi) is 5.23. The van der Waals surface area contributed by atoms with Crippen molar-refractivity contribution in [3.05, 3.63) is 53.1 Å². The van der Waals surface area contributed by atoms with Crippen molar-refractivity contribution in [2.75, 3.05) is 19.7 Å². The van der Waals surface area contributed by atoms with Crippen LogP contribution in [0.5, 0.6) is 5.75 Å². The molecule has 6 nitrogen and oxygen atoms in total. The fourth-order valence-corrected chi connectivity index (χ4v) is 3.20. The van der Waals surface area contributed by atoms with Gasteiger partial charge in [-0.2, -0.15) is 0 Å². The molecular formula is C20H25N3O3. The number of amides is 1. The largest absolute Gasteiger partial charge is 0.491 e. The number of nitrogens with zero attached hydrogens (tertiary/aromatic N) is 3. The molecule has 2 heterocycles. The third kappa shape index (κ3) is 4.02. The smallest absolute Gasteiger partial charge is 0.257 e. The lowest BCUT2D eigenvalue weighted by Gasteiger charge is -2.39. The maximum atomic E-state index is 12.8. The van der Waals surface area contributed by atoms with E-state index in [1.807, 2.05) is 32.0 Å². The lowest BCUT2D eigenvalue weighted by atomic mass is 9.93.